The van der Waals surface area contributed by atoms with Gasteiger partial charge >= 0.3 is 5.97 Å². The number of carbonyl (C=O) groups excluding carboxylic acids is 5. The number of nitrogens with zero attached hydrogens (tertiary/aromatic N) is 2. The highest BCUT2D eigenvalue weighted by molar-refractivity contribution is 5.96. The quantitative estimate of drug-likeness (QED) is 0.104. The van der Waals surface area contributed by atoms with Crippen LogP contribution < -0.4 is 16.0 Å². The third-order valence-corrected chi connectivity index (χ3v) is 8.18. The number of aliphatic hydroxyl groups is 1. The number of likely N-dealkylation sites (N-methyl/N-ethyl adjacent to an activating group) is 1. The summed E-state index contributed by atoms with van der Waals surface area (Å²) in [6.45, 7) is 1.55. The number of carbonyl (C=O) groups is 6. The van der Waals surface area contributed by atoms with Crippen LogP contribution in [0.5, 0.6) is 0 Å². The molecule has 0 spiro atoms. The lowest BCUT2D eigenvalue weighted by atomic mass is 10.0. The number of aliphatic carboxylic acids is 1. The predicted octanol–water partition coefficient (Wildman–Crippen LogP) is 1.82. The Balaban J connectivity index is 1.65. The van der Waals surface area contributed by atoms with Crippen LogP contribution in [-0.4, -0.2) is 87.0 Å². The first-order chi connectivity index (χ1) is 24.0. The van der Waals surface area contributed by atoms with E-state index >= 15 is 0 Å². The summed E-state index contributed by atoms with van der Waals surface area (Å²) in [5, 5.41) is 27.8. The summed E-state index contributed by atoms with van der Waals surface area (Å²) in [6.07, 6.45) is -0.140. The highest BCUT2D eigenvalue weighted by atomic mass is 16.4. The van der Waals surface area contributed by atoms with Crippen molar-refractivity contribution in [2.45, 2.75) is 63.4 Å². The molecule has 0 bridgehead atoms. The lowest BCUT2D eigenvalue weighted by Crippen LogP contribution is -2.59. The zero-order chi connectivity index (χ0) is 36.2. The smallest absolute Gasteiger partial charge is 0.303 e. The van der Waals surface area contributed by atoms with Gasteiger partial charge in [0.1, 0.15) is 18.1 Å². The van der Waals surface area contributed by atoms with Crippen molar-refractivity contribution < 1.29 is 39.0 Å². The zero-order valence-corrected chi connectivity index (χ0v) is 27.8. The van der Waals surface area contributed by atoms with Crippen LogP contribution in [0, 0.1) is 0 Å². The molecule has 0 aliphatic carbocycles. The van der Waals surface area contributed by atoms with E-state index in [1.807, 2.05) is 60.7 Å². The number of carboxylic acid groups (broad SMARTS) is 1. The summed E-state index contributed by atoms with van der Waals surface area (Å²) in [5.74, 6) is -3.99. The minimum Gasteiger partial charge on any atom is -0.481 e. The number of carboxylic acids is 1. The first-order valence-electron chi connectivity index (χ1n) is 16.1. The predicted molar refractivity (Wildman–Crippen MR) is 185 cm³/mol. The summed E-state index contributed by atoms with van der Waals surface area (Å²) < 4.78 is 1.35. The van der Waals surface area contributed by atoms with Gasteiger partial charge in [-0.15, -0.1) is 0 Å². The van der Waals surface area contributed by atoms with E-state index in [2.05, 4.69) is 16.0 Å². The Kier molecular flexibility index (Phi) is 13.0. The molecule has 0 saturated carbocycles. The third-order valence-electron chi connectivity index (χ3n) is 8.18. The Hall–Kier alpha value is -5.82. The third kappa shape index (κ3) is 10.1. The van der Waals surface area contributed by atoms with Gasteiger partial charge in [-0.1, -0.05) is 78.9 Å². The summed E-state index contributed by atoms with van der Waals surface area (Å²) in [5.41, 5.74) is 2.79. The van der Waals surface area contributed by atoms with Crippen LogP contribution in [0.4, 0.5) is 0 Å². The molecule has 13 nitrogen and oxygen atoms in total. The molecule has 0 aliphatic rings. The molecule has 50 heavy (non-hydrogen) atoms. The standard InChI is InChI=1S/C37H41N5O8/c1-24(44)34(40-32(45)17-18-33(46)47)36(49)38-29(20-27-22-42(23-43)31-16-10-9-15-28(27)31)35(48)39-30(19-25-11-5-3-6-12-25)37(50)41(2)21-26-13-7-4-8-14-26/h3-16,22-24,29-30,34,44H,17-21H2,1-2H3,(H,38,49)(H,39,48)(H,40,45)(H,46,47)/t24-,29-,30+,34+/m1/s1. The van der Waals surface area contributed by atoms with E-state index in [-0.39, 0.29) is 25.3 Å². The van der Waals surface area contributed by atoms with E-state index in [0.29, 0.717) is 22.9 Å². The Morgan fingerprint density at radius 2 is 1.38 bits per heavy atom. The Morgan fingerprint density at radius 3 is 2.00 bits per heavy atom. The molecule has 4 aromatic rings. The van der Waals surface area contributed by atoms with Gasteiger partial charge in [0.05, 0.1) is 18.0 Å². The normalized spacial score (nSPS) is 13.3. The molecule has 1 heterocycles. The SMILES string of the molecule is C[C@@H](O)[C@H](NC(=O)CCC(=O)O)C(=O)N[C@H](Cc1cn(C=O)c2ccccc12)C(=O)N[C@@H](Cc1ccccc1)C(=O)N(C)Cc1ccccc1. The van der Waals surface area contributed by atoms with E-state index < -0.39 is 60.8 Å². The molecule has 4 atom stereocenters. The zero-order valence-electron chi connectivity index (χ0n) is 27.8. The van der Waals surface area contributed by atoms with Crippen molar-refractivity contribution in [2.75, 3.05) is 7.05 Å². The summed E-state index contributed by atoms with van der Waals surface area (Å²) in [6, 6.07) is 21.6. The first kappa shape index (κ1) is 37.0. The van der Waals surface area contributed by atoms with Crippen molar-refractivity contribution in [1.82, 2.24) is 25.4 Å². The molecule has 0 radical (unpaired) electrons. The lowest BCUT2D eigenvalue weighted by molar-refractivity contribution is -0.139. The maximum Gasteiger partial charge on any atom is 0.303 e. The van der Waals surface area contributed by atoms with Crippen molar-refractivity contribution in [3.63, 3.8) is 0 Å². The van der Waals surface area contributed by atoms with Gasteiger partial charge in [-0.05, 0) is 29.7 Å². The monoisotopic (exact) mass is 683 g/mol. The lowest BCUT2D eigenvalue weighted by Gasteiger charge is -2.28. The largest absolute Gasteiger partial charge is 0.481 e. The van der Waals surface area contributed by atoms with Crippen molar-refractivity contribution in [2.24, 2.45) is 0 Å². The van der Waals surface area contributed by atoms with Gasteiger partial charge in [-0.2, -0.15) is 0 Å². The van der Waals surface area contributed by atoms with Crippen LogP contribution in [-0.2, 0) is 48.2 Å². The second-order valence-corrected chi connectivity index (χ2v) is 12.1. The summed E-state index contributed by atoms with van der Waals surface area (Å²) >= 11 is 0. The molecule has 0 fully saturated rings. The van der Waals surface area contributed by atoms with Gasteiger partial charge in [0.2, 0.25) is 30.0 Å². The number of rotatable bonds is 17. The van der Waals surface area contributed by atoms with Gasteiger partial charge in [0.15, 0.2) is 0 Å². The molecule has 4 rings (SSSR count). The van der Waals surface area contributed by atoms with Crippen LogP contribution in [0.15, 0.2) is 91.1 Å². The van der Waals surface area contributed by atoms with Crippen LogP contribution in [0.1, 0.15) is 36.5 Å². The van der Waals surface area contributed by atoms with Gasteiger partial charge in [-0.25, -0.2) is 0 Å². The molecule has 4 amide bonds. The molecule has 3 aromatic carbocycles. The Bertz CT molecular complexity index is 1810. The second-order valence-electron chi connectivity index (χ2n) is 12.1. The van der Waals surface area contributed by atoms with Crippen LogP contribution in [0.2, 0.25) is 0 Å². The molecule has 0 unspecified atom stereocenters. The fourth-order valence-electron chi connectivity index (χ4n) is 5.61. The average molecular weight is 684 g/mol. The topological polar surface area (TPSA) is 187 Å². The number of hydrogen-bond donors (Lipinski definition) is 5. The average Bonchev–Trinajstić information content (AvgIpc) is 3.46. The number of aliphatic hydroxyl groups excluding tert-OH is 1. The van der Waals surface area contributed by atoms with E-state index in [0.717, 1.165) is 11.1 Å². The maximum absolute atomic E-state index is 14.2. The molecular weight excluding hydrogens is 642 g/mol. The van der Waals surface area contributed by atoms with E-state index in [1.165, 1.54) is 16.4 Å². The fourth-order valence-corrected chi connectivity index (χ4v) is 5.61. The number of amides is 4. The van der Waals surface area contributed by atoms with Crippen molar-refractivity contribution in [3.05, 3.63) is 108 Å². The van der Waals surface area contributed by atoms with Gasteiger partial charge < -0.3 is 31.1 Å². The number of fused-ring (bicyclic) bond motifs is 1. The molecular formula is C37H41N5O8. The molecule has 0 aliphatic heterocycles. The van der Waals surface area contributed by atoms with E-state index in [1.54, 1.807) is 37.5 Å². The number of nitrogens with one attached hydrogen (secondary N) is 3. The number of aromatic nitrogens is 1. The van der Waals surface area contributed by atoms with Crippen molar-refractivity contribution in [1.29, 1.82) is 0 Å². The molecule has 1 aromatic heterocycles. The first-order valence-corrected chi connectivity index (χ1v) is 16.1. The van der Waals surface area contributed by atoms with Gasteiger partial charge in [0, 0.05) is 44.4 Å². The number of hydrogen-bond acceptors (Lipinski definition) is 7. The second kappa shape index (κ2) is 17.5. The summed E-state index contributed by atoms with van der Waals surface area (Å²) in [7, 11) is 1.63. The molecule has 0 saturated heterocycles. The van der Waals surface area contributed by atoms with E-state index in [4.69, 9.17) is 5.11 Å². The van der Waals surface area contributed by atoms with Crippen LogP contribution in [0.3, 0.4) is 0 Å². The van der Waals surface area contributed by atoms with Crippen molar-refractivity contribution >= 4 is 46.9 Å². The number of para-hydroxylation sites is 1. The van der Waals surface area contributed by atoms with Crippen LogP contribution in [0.25, 0.3) is 10.9 Å². The van der Waals surface area contributed by atoms with Crippen LogP contribution >= 0.6 is 0 Å². The number of benzene rings is 3. The molecule has 262 valence electrons. The van der Waals surface area contributed by atoms with Gasteiger partial charge in [-0.3, -0.25) is 33.3 Å². The minimum atomic E-state index is -1.53. The van der Waals surface area contributed by atoms with E-state index in [9.17, 15) is 33.9 Å². The highest BCUT2D eigenvalue weighted by Crippen LogP contribution is 2.22. The Labute approximate surface area is 289 Å². The highest BCUT2D eigenvalue weighted by Gasteiger charge is 2.33. The van der Waals surface area contributed by atoms with Crippen molar-refractivity contribution in [3.8, 4) is 0 Å². The fraction of sp³-hybridized carbons (Fsp3) is 0.297. The molecule has 5 N–H and O–H groups in total. The minimum absolute atomic E-state index is 0.121. The maximum atomic E-state index is 14.2. The Morgan fingerprint density at radius 1 is 0.780 bits per heavy atom. The molecule has 13 heteroatoms. The van der Waals surface area contributed by atoms with Gasteiger partial charge in [0.25, 0.3) is 0 Å². The summed E-state index contributed by atoms with van der Waals surface area (Å²) in [4.78, 5) is 78.4.